The van der Waals surface area contributed by atoms with Crippen molar-refractivity contribution in [1.82, 2.24) is 15.0 Å². The van der Waals surface area contributed by atoms with E-state index in [1.807, 2.05) is 0 Å². The number of benzene rings is 3. The molecule has 4 rings (SSSR count). The molecule has 0 bridgehead atoms. The smallest absolute Gasteiger partial charge is 0.416 e. The van der Waals surface area contributed by atoms with Crippen molar-refractivity contribution >= 4 is 0 Å². The maximum atomic E-state index is 12.9. The van der Waals surface area contributed by atoms with Crippen LogP contribution >= 0.6 is 0 Å². The number of alkyl halides is 4. The van der Waals surface area contributed by atoms with Crippen LogP contribution in [-0.4, -0.2) is 25.2 Å². The summed E-state index contributed by atoms with van der Waals surface area (Å²) in [6.07, 6.45) is -4.49. The van der Waals surface area contributed by atoms with Gasteiger partial charge in [-0.25, -0.2) is 19.3 Å². The van der Waals surface area contributed by atoms with Gasteiger partial charge in [-0.1, -0.05) is 30.3 Å². The molecule has 0 saturated carbocycles. The molecule has 0 aliphatic rings. The normalized spacial score (nSPS) is 11.5. The Bertz CT molecular complexity index is 1280. The fraction of sp³-hybridized carbons (Fsp3) is 0.0870. The maximum Gasteiger partial charge on any atom is 0.416 e. The van der Waals surface area contributed by atoms with Gasteiger partial charge in [0.05, 0.1) is 16.7 Å². The molecule has 4 aromatic rings. The summed E-state index contributed by atoms with van der Waals surface area (Å²) in [5.41, 5.74) is 0.150. The summed E-state index contributed by atoms with van der Waals surface area (Å²) < 4.78 is 51.7. The lowest BCUT2D eigenvalue weighted by Gasteiger charge is -2.11. The first kappa shape index (κ1) is 21.2. The number of hydrogen-bond acceptors (Lipinski definition) is 5. The second-order valence-corrected chi connectivity index (χ2v) is 6.88. The van der Waals surface area contributed by atoms with Gasteiger partial charge in [0.25, 0.3) is 0 Å². The molecule has 9 heteroatoms. The summed E-state index contributed by atoms with van der Waals surface area (Å²) in [7, 11) is 0. The van der Waals surface area contributed by atoms with Crippen molar-refractivity contribution in [2.75, 3.05) is 0 Å². The Hall–Kier alpha value is -4.01. The SMILES string of the molecule is Oc1ccccc1-c1nc(-c2ccc(C(F)(F)F)cc2)nc(-c2ccc(CF)cc2O)n1. The Balaban J connectivity index is 1.89. The topological polar surface area (TPSA) is 79.1 Å². The van der Waals surface area contributed by atoms with Crippen LogP contribution in [0.15, 0.2) is 66.7 Å². The van der Waals surface area contributed by atoms with Gasteiger partial charge in [0.2, 0.25) is 0 Å². The highest BCUT2D eigenvalue weighted by Crippen LogP contribution is 2.34. The number of phenolic OH excluding ortho intramolecular Hbond substituents is 2. The summed E-state index contributed by atoms with van der Waals surface area (Å²) in [6, 6.07) is 14.7. The molecule has 0 unspecified atom stereocenters. The molecule has 0 amide bonds. The number of aromatic nitrogens is 3. The number of phenols is 2. The zero-order chi connectivity index (χ0) is 22.9. The summed E-state index contributed by atoms with van der Waals surface area (Å²) >= 11 is 0. The Kier molecular flexibility index (Phi) is 5.48. The molecule has 1 heterocycles. The quantitative estimate of drug-likeness (QED) is 0.393. The van der Waals surface area contributed by atoms with Crippen LogP contribution in [0.1, 0.15) is 11.1 Å². The van der Waals surface area contributed by atoms with Crippen LogP contribution < -0.4 is 0 Å². The van der Waals surface area contributed by atoms with E-state index >= 15 is 0 Å². The lowest BCUT2D eigenvalue weighted by Crippen LogP contribution is -2.05. The predicted molar refractivity (Wildman–Crippen MR) is 109 cm³/mol. The first-order chi connectivity index (χ1) is 15.3. The minimum atomic E-state index is -4.49. The largest absolute Gasteiger partial charge is 0.507 e. The van der Waals surface area contributed by atoms with Crippen molar-refractivity contribution in [1.29, 1.82) is 0 Å². The van der Waals surface area contributed by atoms with Gasteiger partial charge < -0.3 is 10.2 Å². The number of para-hydroxylation sites is 1. The van der Waals surface area contributed by atoms with E-state index in [-0.39, 0.29) is 51.2 Å². The Morgan fingerprint density at radius 2 is 1.28 bits per heavy atom. The molecule has 32 heavy (non-hydrogen) atoms. The van der Waals surface area contributed by atoms with E-state index in [0.29, 0.717) is 0 Å². The van der Waals surface area contributed by atoms with Crippen LogP contribution in [0, 0.1) is 0 Å². The van der Waals surface area contributed by atoms with Gasteiger partial charge in [0.1, 0.15) is 18.2 Å². The van der Waals surface area contributed by atoms with E-state index in [4.69, 9.17) is 0 Å². The molecule has 5 nitrogen and oxygen atoms in total. The van der Waals surface area contributed by atoms with E-state index in [9.17, 15) is 27.8 Å². The third-order valence-corrected chi connectivity index (χ3v) is 4.71. The van der Waals surface area contributed by atoms with E-state index in [1.165, 1.54) is 36.4 Å². The molecule has 0 atom stereocenters. The minimum absolute atomic E-state index is 0.0102. The monoisotopic (exact) mass is 441 g/mol. The lowest BCUT2D eigenvalue weighted by atomic mass is 10.1. The van der Waals surface area contributed by atoms with Crippen molar-refractivity contribution in [2.45, 2.75) is 12.9 Å². The van der Waals surface area contributed by atoms with Gasteiger partial charge in [0.15, 0.2) is 17.5 Å². The zero-order valence-corrected chi connectivity index (χ0v) is 16.3. The van der Waals surface area contributed by atoms with Gasteiger partial charge in [0, 0.05) is 5.56 Å². The summed E-state index contributed by atoms with van der Waals surface area (Å²) in [4.78, 5) is 12.9. The van der Waals surface area contributed by atoms with Crippen LogP contribution in [0.3, 0.4) is 0 Å². The molecule has 2 N–H and O–H groups in total. The second kappa shape index (κ2) is 8.26. The number of hydrogen-bond donors (Lipinski definition) is 2. The van der Waals surface area contributed by atoms with Crippen LogP contribution in [0.4, 0.5) is 17.6 Å². The van der Waals surface area contributed by atoms with Crippen molar-refractivity contribution in [3.63, 3.8) is 0 Å². The molecule has 0 fully saturated rings. The van der Waals surface area contributed by atoms with Gasteiger partial charge in [-0.3, -0.25) is 0 Å². The highest BCUT2D eigenvalue weighted by molar-refractivity contribution is 5.72. The van der Waals surface area contributed by atoms with Gasteiger partial charge in [-0.05, 0) is 42.0 Å². The molecule has 0 radical (unpaired) electrons. The van der Waals surface area contributed by atoms with E-state index in [1.54, 1.807) is 18.2 Å². The standard InChI is InChI=1S/C23H15F4N3O2/c24-12-13-5-10-17(19(32)11-13)22-29-20(14-6-8-15(9-7-14)23(25,26)27)28-21(30-22)16-3-1-2-4-18(16)31/h1-11,31-32H,12H2. The first-order valence-corrected chi connectivity index (χ1v) is 9.36. The average molecular weight is 441 g/mol. The molecule has 1 aromatic heterocycles. The molecule has 0 aliphatic carbocycles. The van der Waals surface area contributed by atoms with Crippen LogP contribution in [0.25, 0.3) is 34.2 Å². The van der Waals surface area contributed by atoms with E-state index < -0.39 is 18.4 Å². The molecule has 162 valence electrons. The third-order valence-electron chi connectivity index (χ3n) is 4.71. The third kappa shape index (κ3) is 4.22. The molecule has 3 aromatic carbocycles. The number of halogens is 4. The Labute approximate surface area is 179 Å². The second-order valence-electron chi connectivity index (χ2n) is 6.88. The molecular weight excluding hydrogens is 426 g/mol. The van der Waals surface area contributed by atoms with Crippen LogP contribution in [0.2, 0.25) is 0 Å². The number of nitrogens with zero attached hydrogens (tertiary/aromatic N) is 3. The summed E-state index contributed by atoms with van der Waals surface area (Å²) in [6.45, 7) is -0.773. The van der Waals surface area contributed by atoms with Crippen molar-refractivity contribution in [3.05, 3.63) is 77.9 Å². The maximum absolute atomic E-state index is 12.9. The van der Waals surface area contributed by atoms with Gasteiger partial charge in [-0.15, -0.1) is 0 Å². The summed E-state index contributed by atoms with van der Waals surface area (Å²) in [5, 5.41) is 20.6. The molecular formula is C23H15F4N3O2. The average Bonchev–Trinajstić information content (AvgIpc) is 2.78. The van der Waals surface area contributed by atoms with E-state index in [0.717, 1.165) is 12.1 Å². The lowest BCUT2D eigenvalue weighted by molar-refractivity contribution is -0.137. The van der Waals surface area contributed by atoms with E-state index in [2.05, 4.69) is 15.0 Å². The molecule has 0 spiro atoms. The minimum Gasteiger partial charge on any atom is -0.507 e. The van der Waals surface area contributed by atoms with Crippen LogP contribution in [0.5, 0.6) is 11.5 Å². The van der Waals surface area contributed by atoms with Gasteiger partial charge >= 0.3 is 6.18 Å². The van der Waals surface area contributed by atoms with Crippen LogP contribution in [-0.2, 0) is 12.9 Å². The molecule has 0 saturated heterocycles. The molecule has 0 aliphatic heterocycles. The van der Waals surface area contributed by atoms with Crippen molar-refractivity contribution < 1.29 is 27.8 Å². The first-order valence-electron chi connectivity index (χ1n) is 9.36. The van der Waals surface area contributed by atoms with Gasteiger partial charge in [-0.2, -0.15) is 13.2 Å². The van der Waals surface area contributed by atoms with Crippen molar-refractivity contribution in [2.24, 2.45) is 0 Å². The summed E-state index contributed by atoms with van der Waals surface area (Å²) in [5.74, 6) is -0.281. The number of aromatic hydroxyl groups is 2. The highest BCUT2D eigenvalue weighted by Gasteiger charge is 2.30. The van der Waals surface area contributed by atoms with Crippen molar-refractivity contribution in [3.8, 4) is 45.7 Å². The fourth-order valence-corrected chi connectivity index (χ4v) is 3.07. The fourth-order valence-electron chi connectivity index (χ4n) is 3.07. The highest BCUT2D eigenvalue weighted by atomic mass is 19.4. The predicted octanol–water partition coefficient (Wildman–Crippen LogP) is 5.77. The Morgan fingerprint density at radius 1 is 0.688 bits per heavy atom. The zero-order valence-electron chi connectivity index (χ0n) is 16.3. The Morgan fingerprint density at radius 3 is 1.84 bits per heavy atom. The number of rotatable bonds is 4.